The molecule has 2 aromatic carbocycles. The molecule has 1 aliphatic rings. The van der Waals surface area contributed by atoms with E-state index in [1.54, 1.807) is 24.3 Å². The first kappa shape index (κ1) is 25.5. The van der Waals surface area contributed by atoms with Gasteiger partial charge in [-0.1, -0.05) is 24.0 Å². The van der Waals surface area contributed by atoms with E-state index in [1.165, 1.54) is 29.3 Å². The Morgan fingerprint density at radius 1 is 1.09 bits per heavy atom. The standard InChI is InChI=1S/C13H15F3N2O.C11H10N2O/c1-17-6-8-18(9-7-17)12(19)10-4-2-3-5-11(10)13(14,15)16;12-7-10(8-13)2-1-9-3-5-11(14)6-4-9/h2-5H,6-9H2,1H3;3-8,12,14H,13H2/b;10-8-,12-7?. The molecule has 0 aromatic heterocycles. The number of allylic oxidation sites excluding steroid dienone is 1. The topological polar surface area (TPSA) is 93.7 Å². The predicted octanol–water partition coefficient (Wildman–Crippen LogP) is 3.33. The summed E-state index contributed by atoms with van der Waals surface area (Å²) in [7, 11) is 1.92. The van der Waals surface area contributed by atoms with E-state index in [4.69, 9.17) is 16.2 Å². The Bertz CT molecular complexity index is 1050. The smallest absolute Gasteiger partial charge is 0.417 e. The number of amides is 1. The number of nitrogens with two attached hydrogens (primary N) is 1. The summed E-state index contributed by atoms with van der Waals surface area (Å²) in [6, 6.07) is 11.4. The first-order valence-corrected chi connectivity index (χ1v) is 10.0. The van der Waals surface area contributed by atoms with E-state index in [2.05, 4.69) is 11.8 Å². The van der Waals surface area contributed by atoms with Gasteiger partial charge in [0, 0.05) is 44.2 Å². The number of rotatable bonds is 2. The van der Waals surface area contributed by atoms with Gasteiger partial charge in [-0.25, -0.2) is 0 Å². The number of aromatic hydroxyl groups is 1. The highest BCUT2D eigenvalue weighted by Gasteiger charge is 2.36. The van der Waals surface area contributed by atoms with Gasteiger partial charge in [-0.15, -0.1) is 0 Å². The molecular weight excluding hydrogens is 433 g/mol. The second-order valence-corrected chi connectivity index (χ2v) is 7.20. The number of nitrogens with one attached hydrogen (secondary N) is 1. The van der Waals surface area contributed by atoms with Crippen LogP contribution in [0.15, 0.2) is 60.3 Å². The Balaban J connectivity index is 0.000000245. The van der Waals surface area contributed by atoms with Crippen LogP contribution in [0.5, 0.6) is 5.75 Å². The van der Waals surface area contributed by atoms with E-state index in [9.17, 15) is 18.0 Å². The number of carbonyl (C=O) groups excluding carboxylic acids is 1. The third-order valence-electron chi connectivity index (χ3n) is 4.81. The molecule has 174 valence electrons. The lowest BCUT2D eigenvalue weighted by Gasteiger charge is -2.32. The third-order valence-corrected chi connectivity index (χ3v) is 4.81. The second kappa shape index (κ2) is 11.7. The summed E-state index contributed by atoms with van der Waals surface area (Å²) < 4.78 is 38.6. The molecule has 1 saturated heterocycles. The molecule has 0 saturated carbocycles. The van der Waals surface area contributed by atoms with Gasteiger partial charge >= 0.3 is 6.18 Å². The summed E-state index contributed by atoms with van der Waals surface area (Å²) in [5.41, 5.74) is 5.31. The van der Waals surface area contributed by atoms with Gasteiger partial charge in [0.05, 0.1) is 16.7 Å². The number of hydrogen-bond donors (Lipinski definition) is 3. The molecule has 4 N–H and O–H groups in total. The molecular formula is C24H25F3N4O2. The summed E-state index contributed by atoms with van der Waals surface area (Å²) in [6.07, 6.45) is -2.13. The van der Waals surface area contributed by atoms with Gasteiger partial charge in [-0.05, 0) is 43.4 Å². The number of halogens is 3. The highest BCUT2D eigenvalue weighted by Crippen LogP contribution is 2.32. The highest BCUT2D eigenvalue weighted by molar-refractivity contribution is 5.96. The van der Waals surface area contributed by atoms with Gasteiger partial charge in [0.1, 0.15) is 5.75 Å². The molecule has 0 bridgehead atoms. The van der Waals surface area contributed by atoms with Crippen LogP contribution in [0.4, 0.5) is 13.2 Å². The van der Waals surface area contributed by atoms with Crippen LogP contribution in [0.2, 0.25) is 0 Å². The molecule has 1 heterocycles. The number of phenolic OH excluding ortho intramolecular Hbond substituents is 1. The molecule has 0 aliphatic carbocycles. The summed E-state index contributed by atoms with van der Waals surface area (Å²) in [5.74, 6) is 5.19. The molecule has 1 aliphatic heterocycles. The zero-order valence-electron chi connectivity index (χ0n) is 18.1. The zero-order valence-corrected chi connectivity index (χ0v) is 18.1. The molecule has 1 fully saturated rings. The van der Waals surface area contributed by atoms with Crippen LogP contribution in [0.25, 0.3) is 0 Å². The molecule has 0 radical (unpaired) electrons. The van der Waals surface area contributed by atoms with E-state index >= 15 is 0 Å². The van der Waals surface area contributed by atoms with Crippen molar-refractivity contribution in [3.8, 4) is 17.6 Å². The van der Waals surface area contributed by atoms with Crippen LogP contribution in [-0.4, -0.2) is 60.3 Å². The monoisotopic (exact) mass is 458 g/mol. The summed E-state index contributed by atoms with van der Waals surface area (Å²) in [4.78, 5) is 15.7. The van der Waals surface area contributed by atoms with E-state index in [-0.39, 0.29) is 11.3 Å². The molecule has 1 amide bonds. The SMILES string of the molecule is CN1CCN(C(=O)c2ccccc2C(F)(F)F)CC1.N=C/C(C#Cc1ccc(O)cc1)=C\N. The van der Waals surface area contributed by atoms with Crippen molar-refractivity contribution in [3.05, 3.63) is 77.0 Å². The number of alkyl halides is 3. The molecule has 3 rings (SSSR count). The van der Waals surface area contributed by atoms with Gasteiger partial charge in [0.25, 0.3) is 5.91 Å². The van der Waals surface area contributed by atoms with Gasteiger partial charge in [0.15, 0.2) is 0 Å². The van der Waals surface area contributed by atoms with Gasteiger partial charge < -0.3 is 26.0 Å². The van der Waals surface area contributed by atoms with Crippen molar-refractivity contribution in [3.63, 3.8) is 0 Å². The van der Waals surface area contributed by atoms with E-state index in [0.717, 1.165) is 17.8 Å². The fourth-order valence-electron chi connectivity index (χ4n) is 2.91. The molecule has 33 heavy (non-hydrogen) atoms. The number of phenols is 1. The van der Waals surface area contributed by atoms with E-state index in [0.29, 0.717) is 31.8 Å². The first-order chi connectivity index (χ1) is 15.7. The minimum absolute atomic E-state index is 0.206. The average Bonchev–Trinajstić information content (AvgIpc) is 2.81. The minimum atomic E-state index is -4.50. The highest BCUT2D eigenvalue weighted by atomic mass is 19.4. The number of nitrogens with zero attached hydrogens (tertiary/aromatic N) is 2. The molecule has 6 nitrogen and oxygen atoms in total. The predicted molar refractivity (Wildman–Crippen MR) is 121 cm³/mol. The molecule has 0 spiro atoms. The maximum atomic E-state index is 12.9. The fraction of sp³-hybridized carbons (Fsp3) is 0.250. The van der Waals surface area contributed by atoms with Crippen molar-refractivity contribution in [1.29, 1.82) is 5.41 Å². The second-order valence-electron chi connectivity index (χ2n) is 7.20. The fourth-order valence-corrected chi connectivity index (χ4v) is 2.91. The van der Waals surface area contributed by atoms with Crippen molar-refractivity contribution in [2.45, 2.75) is 6.18 Å². The summed E-state index contributed by atoms with van der Waals surface area (Å²) in [6.45, 7) is 2.28. The normalized spacial score (nSPS) is 14.4. The Morgan fingerprint density at radius 3 is 2.24 bits per heavy atom. The molecule has 0 unspecified atom stereocenters. The third kappa shape index (κ3) is 7.70. The summed E-state index contributed by atoms with van der Waals surface area (Å²) >= 11 is 0. The van der Waals surface area contributed by atoms with Crippen LogP contribution >= 0.6 is 0 Å². The Morgan fingerprint density at radius 2 is 1.70 bits per heavy atom. The van der Waals surface area contributed by atoms with E-state index in [1.807, 2.05) is 11.9 Å². The largest absolute Gasteiger partial charge is 0.508 e. The van der Waals surface area contributed by atoms with Crippen LogP contribution in [0.1, 0.15) is 21.5 Å². The van der Waals surface area contributed by atoms with Crippen molar-refractivity contribution < 1.29 is 23.1 Å². The first-order valence-electron chi connectivity index (χ1n) is 10.0. The number of piperazine rings is 1. The number of benzene rings is 2. The number of hydrogen-bond acceptors (Lipinski definition) is 5. The van der Waals surface area contributed by atoms with Crippen LogP contribution in [-0.2, 0) is 6.18 Å². The number of carbonyl (C=O) groups is 1. The lowest BCUT2D eigenvalue weighted by atomic mass is 10.1. The van der Waals surface area contributed by atoms with Crippen LogP contribution in [0, 0.1) is 17.3 Å². The van der Waals surface area contributed by atoms with Crippen LogP contribution in [0.3, 0.4) is 0 Å². The summed E-state index contributed by atoms with van der Waals surface area (Å²) in [5, 5.41) is 16.0. The van der Waals surface area contributed by atoms with Gasteiger partial charge in [-0.2, -0.15) is 13.2 Å². The lowest BCUT2D eigenvalue weighted by molar-refractivity contribution is -0.138. The molecule has 9 heteroatoms. The van der Waals surface area contributed by atoms with Crippen molar-refractivity contribution in [2.24, 2.45) is 5.73 Å². The van der Waals surface area contributed by atoms with Gasteiger partial charge in [-0.3, -0.25) is 4.79 Å². The maximum absolute atomic E-state index is 12.9. The Hall–Kier alpha value is -3.77. The lowest BCUT2D eigenvalue weighted by Crippen LogP contribution is -2.47. The van der Waals surface area contributed by atoms with E-state index < -0.39 is 17.6 Å². The minimum Gasteiger partial charge on any atom is -0.508 e. The quantitative estimate of drug-likeness (QED) is 0.475. The number of likely N-dealkylation sites (N-methyl/N-ethyl adjacent to an activating group) is 1. The maximum Gasteiger partial charge on any atom is 0.417 e. The van der Waals surface area contributed by atoms with Crippen molar-refractivity contribution in [1.82, 2.24) is 9.80 Å². The average molecular weight is 458 g/mol. The van der Waals surface area contributed by atoms with Crippen LogP contribution < -0.4 is 5.73 Å². The van der Waals surface area contributed by atoms with Gasteiger partial charge in [0.2, 0.25) is 0 Å². The molecule has 0 atom stereocenters. The zero-order chi connectivity index (χ0) is 24.4. The Labute approximate surface area is 190 Å². The molecule has 2 aromatic rings. The van der Waals surface area contributed by atoms with Crippen molar-refractivity contribution >= 4 is 12.1 Å². The van der Waals surface area contributed by atoms with Crippen molar-refractivity contribution in [2.75, 3.05) is 33.2 Å². The Kier molecular flexibility index (Phi) is 9.07.